The third kappa shape index (κ3) is 2.81. The normalized spacial score (nSPS) is 33.0. The highest BCUT2D eigenvalue weighted by molar-refractivity contribution is 7.99. The molecule has 0 saturated carbocycles. The maximum atomic E-state index is 11.8. The van der Waals surface area contributed by atoms with Gasteiger partial charge in [0.2, 0.25) is 0 Å². The largest absolute Gasteiger partial charge is 0.465 e. The van der Waals surface area contributed by atoms with Gasteiger partial charge in [-0.1, -0.05) is 0 Å². The van der Waals surface area contributed by atoms with Crippen LogP contribution in [0.15, 0.2) is 0 Å². The van der Waals surface area contributed by atoms with Crippen molar-refractivity contribution in [3.05, 3.63) is 0 Å². The molecule has 1 spiro atoms. The molecule has 100 valence electrons. The first-order valence-electron chi connectivity index (χ1n) is 6.49. The van der Waals surface area contributed by atoms with Gasteiger partial charge in [0, 0.05) is 12.4 Å². The minimum atomic E-state index is -0.628. The van der Waals surface area contributed by atoms with Crippen LogP contribution < -0.4 is 0 Å². The van der Waals surface area contributed by atoms with E-state index in [4.69, 9.17) is 9.47 Å². The SMILES string of the molecule is CCOC(=O)C(C#N)C1CCOC2(CCSC2)C1. The molecule has 0 N–H and O–H groups in total. The average molecular weight is 269 g/mol. The maximum Gasteiger partial charge on any atom is 0.323 e. The summed E-state index contributed by atoms with van der Waals surface area (Å²) in [4.78, 5) is 11.8. The standard InChI is InChI=1S/C13H19NO3S/c1-2-16-12(15)11(8-14)10-3-5-17-13(7-10)4-6-18-9-13/h10-11H,2-7,9H2,1H3. The van der Waals surface area contributed by atoms with Gasteiger partial charge in [-0.3, -0.25) is 4.79 Å². The number of ether oxygens (including phenoxy) is 2. The van der Waals surface area contributed by atoms with Gasteiger partial charge in [0.25, 0.3) is 0 Å². The number of rotatable bonds is 3. The minimum Gasteiger partial charge on any atom is -0.465 e. The van der Waals surface area contributed by atoms with Gasteiger partial charge >= 0.3 is 5.97 Å². The van der Waals surface area contributed by atoms with Crippen LogP contribution in [0.2, 0.25) is 0 Å². The molecule has 2 heterocycles. The van der Waals surface area contributed by atoms with Gasteiger partial charge in [-0.05, 0) is 37.9 Å². The van der Waals surface area contributed by atoms with E-state index in [-0.39, 0.29) is 17.5 Å². The lowest BCUT2D eigenvalue weighted by Crippen LogP contribution is -2.43. The first-order valence-corrected chi connectivity index (χ1v) is 7.64. The van der Waals surface area contributed by atoms with E-state index in [1.165, 1.54) is 0 Å². The Balaban J connectivity index is 2.03. The van der Waals surface area contributed by atoms with Crippen molar-refractivity contribution in [2.24, 2.45) is 11.8 Å². The van der Waals surface area contributed by atoms with E-state index < -0.39 is 5.92 Å². The fourth-order valence-corrected chi connectivity index (χ4v) is 4.17. The summed E-state index contributed by atoms with van der Waals surface area (Å²) in [6.07, 6.45) is 2.63. The predicted octanol–water partition coefficient (Wildman–Crippen LogP) is 1.99. The first kappa shape index (κ1) is 13.7. The Bertz CT molecular complexity index is 347. The molecule has 0 aromatic heterocycles. The van der Waals surface area contributed by atoms with Crippen molar-refractivity contribution < 1.29 is 14.3 Å². The molecule has 2 saturated heterocycles. The maximum absolute atomic E-state index is 11.8. The van der Waals surface area contributed by atoms with Gasteiger partial charge in [0.1, 0.15) is 5.92 Å². The molecule has 0 aromatic carbocycles. The number of esters is 1. The molecule has 0 bridgehead atoms. The third-order valence-corrected chi connectivity index (χ3v) is 4.97. The fraction of sp³-hybridized carbons (Fsp3) is 0.846. The van der Waals surface area contributed by atoms with Gasteiger partial charge in [-0.2, -0.15) is 17.0 Å². The molecule has 0 aliphatic carbocycles. The smallest absolute Gasteiger partial charge is 0.323 e. The summed E-state index contributed by atoms with van der Waals surface area (Å²) < 4.78 is 10.9. The van der Waals surface area contributed by atoms with Crippen LogP contribution in [-0.2, 0) is 14.3 Å². The number of hydrogen-bond donors (Lipinski definition) is 0. The second kappa shape index (κ2) is 5.94. The van der Waals surface area contributed by atoms with Crippen LogP contribution in [-0.4, -0.2) is 36.3 Å². The highest BCUT2D eigenvalue weighted by atomic mass is 32.2. The fourth-order valence-electron chi connectivity index (χ4n) is 2.80. The van der Waals surface area contributed by atoms with Crippen molar-refractivity contribution in [3.63, 3.8) is 0 Å². The van der Waals surface area contributed by atoms with Crippen molar-refractivity contribution in [2.75, 3.05) is 24.7 Å². The minimum absolute atomic E-state index is 0.0847. The van der Waals surface area contributed by atoms with Crippen LogP contribution in [0.25, 0.3) is 0 Å². The van der Waals surface area contributed by atoms with E-state index >= 15 is 0 Å². The van der Waals surface area contributed by atoms with Crippen LogP contribution in [0.5, 0.6) is 0 Å². The highest BCUT2D eigenvalue weighted by Gasteiger charge is 2.44. The third-order valence-electron chi connectivity index (χ3n) is 3.75. The van der Waals surface area contributed by atoms with E-state index in [1.54, 1.807) is 6.92 Å². The highest BCUT2D eigenvalue weighted by Crippen LogP contribution is 2.42. The Labute approximate surface area is 112 Å². The molecular weight excluding hydrogens is 250 g/mol. The molecular formula is C13H19NO3S. The van der Waals surface area contributed by atoms with Crippen LogP contribution >= 0.6 is 11.8 Å². The topological polar surface area (TPSA) is 59.3 Å². The number of carbonyl (C=O) groups is 1. The summed E-state index contributed by atoms with van der Waals surface area (Å²) in [5, 5.41) is 9.21. The van der Waals surface area contributed by atoms with Crippen molar-refractivity contribution in [1.82, 2.24) is 0 Å². The van der Waals surface area contributed by atoms with Crippen LogP contribution in [0, 0.1) is 23.2 Å². The molecule has 5 heteroatoms. The van der Waals surface area contributed by atoms with E-state index in [0.717, 1.165) is 30.8 Å². The molecule has 3 atom stereocenters. The van der Waals surface area contributed by atoms with Gasteiger partial charge in [0.15, 0.2) is 0 Å². The predicted molar refractivity (Wildman–Crippen MR) is 69.1 cm³/mol. The van der Waals surface area contributed by atoms with Crippen molar-refractivity contribution in [1.29, 1.82) is 5.26 Å². The molecule has 2 aliphatic rings. The molecule has 2 aliphatic heterocycles. The molecule has 18 heavy (non-hydrogen) atoms. The quantitative estimate of drug-likeness (QED) is 0.733. The summed E-state index contributed by atoms with van der Waals surface area (Å²) in [6, 6.07) is 2.13. The van der Waals surface area contributed by atoms with Crippen molar-refractivity contribution >= 4 is 17.7 Å². The van der Waals surface area contributed by atoms with E-state index in [1.807, 2.05) is 11.8 Å². The van der Waals surface area contributed by atoms with Crippen LogP contribution in [0.3, 0.4) is 0 Å². The molecule has 2 rings (SSSR count). The number of thioether (sulfide) groups is 1. The average Bonchev–Trinajstić information content (AvgIpc) is 2.79. The monoisotopic (exact) mass is 269 g/mol. The number of nitrogens with zero attached hydrogens (tertiary/aromatic N) is 1. The lowest BCUT2D eigenvalue weighted by Gasteiger charge is -2.38. The second-order valence-corrected chi connectivity index (χ2v) is 6.05. The summed E-state index contributed by atoms with van der Waals surface area (Å²) in [5.41, 5.74) is -0.0881. The summed E-state index contributed by atoms with van der Waals surface area (Å²) in [6.45, 7) is 2.76. The Morgan fingerprint density at radius 3 is 3.17 bits per heavy atom. The molecule has 3 unspecified atom stereocenters. The number of carbonyl (C=O) groups excluding carboxylic acids is 1. The van der Waals surface area contributed by atoms with Gasteiger partial charge < -0.3 is 9.47 Å². The lowest BCUT2D eigenvalue weighted by atomic mass is 9.78. The Kier molecular flexibility index (Phi) is 4.52. The van der Waals surface area contributed by atoms with Gasteiger partial charge in [-0.25, -0.2) is 0 Å². The van der Waals surface area contributed by atoms with E-state index in [2.05, 4.69) is 6.07 Å². The Morgan fingerprint density at radius 2 is 2.56 bits per heavy atom. The second-order valence-electron chi connectivity index (χ2n) is 4.95. The molecule has 0 aromatic rings. The van der Waals surface area contributed by atoms with Crippen molar-refractivity contribution in [2.45, 2.75) is 31.8 Å². The Morgan fingerprint density at radius 1 is 1.72 bits per heavy atom. The van der Waals surface area contributed by atoms with Gasteiger partial charge in [-0.15, -0.1) is 0 Å². The van der Waals surface area contributed by atoms with Crippen LogP contribution in [0.4, 0.5) is 0 Å². The number of hydrogen-bond acceptors (Lipinski definition) is 5. The first-order chi connectivity index (χ1) is 8.71. The molecule has 0 radical (unpaired) electrons. The molecule has 2 fully saturated rings. The summed E-state index contributed by atoms with van der Waals surface area (Å²) >= 11 is 1.90. The molecule has 4 nitrogen and oxygen atoms in total. The zero-order valence-corrected chi connectivity index (χ0v) is 11.5. The van der Waals surface area contributed by atoms with E-state index in [9.17, 15) is 10.1 Å². The number of nitriles is 1. The summed E-state index contributed by atoms with van der Waals surface area (Å²) in [7, 11) is 0. The summed E-state index contributed by atoms with van der Waals surface area (Å²) in [5.74, 6) is 1.19. The molecule has 0 amide bonds. The zero-order valence-electron chi connectivity index (χ0n) is 10.7. The van der Waals surface area contributed by atoms with Crippen LogP contribution in [0.1, 0.15) is 26.2 Å². The van der Waals surface area contributed by atoms with E-state index in [0.29, 0.717) is 13.2 Å². The lowest BCUT2D eigenvalue weighted by molar-refractivity contribution is -0.151. The van der Waals surface area contributed by atoms with Gasteiger partial charge in [0.05, 0.1) is 18.3 Å². The van der Waals surface area contributed by atoms with Crippen molar-refractivity contribution in [3.8, 4) is 6.07 Å². The Hall–Kier alpha value is -0.730. The zero-order chi connectivity index (χ0) is 13.0.